The Morgan fingerprint density at radius 1 is 1.67 bits per heavy atom. The van der Waals surface area contributed by atoms with Crippen molar-refractivity contribution in [3.05, 3.63) is 16.1 Å². The Balaban J connectivity index is 1.88. The maximum absolute atomic E-state index is 11.9. The standard InChI is InChI=1S/C11H16N4O2S/c12-4-3-10-15-8(6-18-10)11(17)14-7-1-2-9(16)13-5-7/h6-7H,1-5,12H2,(H,13,16)(H,14,17). The molecule has 18 heavy (non-hydrogen) atoms. The van der Waals surface area contributed by atoms with Gasteiger partial charge in [-0.15, -0.1) is 11.3 Å². The number of thiazole rings is 1. The maximum atomic E-state index is 11.9. The van der Waals surface area contributed by atoms with E-state index in [0.717, 1.165) is 5.01 Å². The van der Waals surface area contributed by atoms with Gasteiger partial charge in [0, 0.05) is 30.8 Å². The van der Waals surface area contributed by atoms with Crippen LogP contribution in [0.25, 0.3) is 0 Å². The molecule has 1 saturated heterocycles. The summed E-state index contributed by atoms with van der Waals surface area (Å²) in [6.07, 6.45) is 1.83. The average Bonchev–Trinajstić information content (AvgIpc) is 2.81. The minimum absolute atomic E-state index is 0.00476. The Kier molecular flexibility index (Phi) is 4.27. The van der Waals surface area contributed by atoms with E-state index in [2.05, 4.69) is 15.6 Å². The van der Waals surface area contributed by atoms with Crippen molar-refractivity contribution < 1.29 is 9.59 Å². The first-order valence-corrected chi connectivity index (χ1v) is 6.79. The summed E-state index contributed by atoms with van der Waals surface area (Å²) in [7, 11) is 0. The number of hydrogen-bond donors (Lipinski definition) is 3. The van der Waals surface area contributed by atoms with E-state index in [-0.39, 0.29) is 17.9 Å². The monoisotopic (exact) mass is 268 g/mol. The number of piperidine rings is 1. The number of hydrogen-bond acceptors (Lipinski definition) is 5. The molecule has 1 atom stereocenters. The Morgan fingerprint density at radius 3 is 3.17 bits per heavy atom. The number of nitrogens with one attached hydrogen (secondary N) is 2. The van der Waals surface area contributed by atoms with Gasteiger partial charge in [0.2, 0.25) is 5.91 Å². The van der Waals surface area contributed by atoms with Crippen LogP contribution >= 0.6 is 11.3 Å². The van der Waals surface area contributed by atoms with Gasteiger partial charge in [-0.1, -0.05) is 0 Å². The molecule has 6 nitrogen and oxygen atoms in total. The zero-order valence-electron chi connectivity index (χ0n) is 9.94. The highest BCUT2D eigenvalue weighted by molar-refractivity contribution is 7.09. The molecule has 4 N–H and O–H groups in total. The molecule has 1 unspecified atom stereocenters. The van der Waals surface area contributed by atoms with Crippen molar-refractivity contribution in [2.24, 2.45) is 5.73 Å². The average molecular weight is 268 g/mol. The Hall–Kier alpha value is -1.47. The quantitative estimate of drug-likeness (QED) is 0.695. The third kappa shape index (κ3) is 3.27. The van der Waals surface area contributed by atoms with Gasteiger partial charge in [0.15, 0.2) is 0 Å². The van der Waals surface area contributed by atoms with Crippen molar-refractivity contribution in [1.82, 2.24) is 15.6 Å². The maximum Gasteiger partial charge on any atom is 0.271 e. The minimum Gasteiger partial charge on any atom is -0.354 e. The molecule has 7 heteroatoms. The van der Waals surface area contributed by atoms with Gasteiger partial charge in [-0.3, -0.25) is 9.59 Å². The van der Waals surface area contributed by atoms with Crippen LogP contribution in [0.1, 0.15) is 28.3 Å². The van der Waals surface area contributed by atoms with Crippen LogP contribution in [0.15, 0.2) is 5.38 Å². The molecule has 2 amide bonds. The van der Waals surface area contributed by atoms with E-state index in [4.69, 9.17) is 5.73 Å². The zero-order chi connectivity index (χ0) is 13.0. The number of amides is 2. The van der Waals surface area contributed by atoms with E-state index < -0.39 is 0 Å². The van der Waals surface area contributed by atoms with Crippen LogP contribution in [-0.2, 0) is 11.2 Å². The molecule has 1 aliphatic heterocycles. The lowest BCUT2D eigenvalue weighted by atomic mass is 10.1. The smallest absolute Gasteiger partial charge is 0.271 e. The topological polar surface area (TPSA) is 97.1 Å². The van der Waals surface area contributed by atoms with Crippen molar-refractivity contribution in [2.45, 2.75) is 25.3 Å². The normalized spacial score (nSPS) is 19.4. The summed E-state index contributed by atoms with van der Waals surface area (Å²) < 4.78 is 0. The zero-order valence-corrected chi connectivity index (χ0v) is 10.8. The highest BCUT2D eigenvalue weighted by Crippen LogP contribution is 2.11. The fourth-order valence-corrected chi connectivity index (χ4v) is 2.56. The van der Waals surface area contributed by atoms with Crippen molar-refractivity contribution in [2.75, 3.05) is 13.1 Å². The van der Waals surface area contributed by atoms with Gasteiger partial charge >= 0.3 is 0 Å². The first kappa shape index (κ1) is 13.0. The van der Waals surface area contributed by atoms with Crippen LogP contribution in [0, 0.1) is 0 Å². The first-order chi connectivity index (χ1) is 8.69. The predicted molar refractivity (Wildman–Crippen MR) is 68.4 cm³/mol. The van der Waals surface area contributed by atoms with Crippen molar-refractivity contribution in [3.63, 3.8) is 0 Å². The second kappa shape index (κ2) is 5.92. The lowest BCUT2D eigenvalue weighted by molar-refractivity contribution is -0.122. The van der Waals surface area contributed by atoms with Gasteiger partial charge in [0.05, 0.1) is 5.01 Å². The van der Waals surface area contributed by atoms with Crippen molar-refractivity contribution in [3.8, 4) is 0 Å². The molecule has 0 saturated carbocycles. The lowest BCUT2D eigenvalue weighted by Gasteiger charge is -2.22. The fourth-order valence-electron chi connectivity index (χ4n) is 1.77. The molecule has 0 aromatic carbocycles. The third-order valence-electron chi connectivity index (χ3n) is 2.74. The molecule has 2 rings (SSSR count). The van der Waals surface area contributed by atoms with Crippen LogP contribution in [0.5, 0.6) is 0 Å². The summed E-state index contributed by atoms with van der Waals surface area (Å²) in [5.41, 5.74) is 5.87. The largest absolute Gasteiger partial charge is 0.354 e. The second-order valence-electron chi connectivity index (χ2n) is 4.18. The van der Waals surface area contributed by atoms with Gasteiger partial charge < -0.3 is 16.4 Å². The molecule has 1 aliphatic rings. The van der Waals surface area contributed by atoms with Crippen molar-refractivity contribution >= 4 is 23.2 Å². The highest BCUT2D eigenvalue weighted by Gasteiger charge is 2.21. The van der Waals surface area contributed by atoms with E-state index in [9.17, 15) is 9.59 Å². The summed E-state index contributed by atoms with van der Waals surface area (Å²) in [6.45, 7) is 1.02. The van der Waals surface area contributed by atoms with Gasteiger partial charge in [0.1, 0.15) is 5.69 Å². The molecule has 1 aromatic rings. The number of rotatable bonds is 4. The highest BCUT2D eigenvalue weighted by atomic mass is 32.1. The molecule has 0 radical (unpaired) electrons. The number of carbonyl (C=O) groups excluding carboxylic acids is 2. The number of nitrogens with two attached hydrogens (primary N) is 1. The van der Waals surface area contributed by atoms with E-state index in [1.165, 1.54) is 11.3 Å². The van der Waals surface area contributed by atoms with E-state index >= 15 is 0 Å². The Morgan fingerprint density at radius 2 is 2.50 bits per heavy atom. The lowest BCUT2D eigenvalue weighted by Crippen LogP contribution is -2.47. The molecular formula is C11H16N4O2S. The minimum atomic E-state index is -0.185. The Bertz CT molecular complexity index is 436. The van der Waals surface area contributed by atoms with Crippen LogP contribution in [0.2, 0.25) is 0 Å². The Labute approximate surface area is 109 Å². The van der Waals surface area contributed by atoms with Gasteiger partial charge in [-0.25, -0.2) is 4.98 Å². The molecule has 98 valence electrons. The van der Waals surface area contributed by atoms with Gasteiger partial charge in [-0.05, 0) is 13.0 Å². The van der Waals surface area contributed by atoms with Crippen LogP contribution < -0.4 is 16.4 Å². The third-order valence-corrected chi connectivity index (χ3v) is 3.65. The number of aromatic nitrogens is 1. The van der Waals surface area contributed by atoms with Crippen LogP contribution in [0.4, 0.5) is 0 Å². The second-order valence-corrected chi connectivity index (χ2v) is 5.12. The molecular weight excluding hydrogens is 252 g/mol. The van der Waals surface area contributed by atoms with Gasteiger partial charge in [-0.2, -0.15) is 0 Å². The summed E-state index contributed by atoms with van der Waals surface area (Å²) in [5, 5.41) is 8.21. The van der Waals surface area contributed by atoms with E-state index in [0.29, 0.717) is 38.0 Å². The van der Waals surface area contributed by atoms with E-state index in [1.807, 2.05) is 0 Å². The predicted octanol–water partition coefficient (Wildman–Crippen LogP) is -0.347. The van der Waals surface area contributed by atoms with Crippen LogP contribution in [-0.4, -0.2) is 35.9 Å². The fraction of sp³-hybridized carbons (Fsp3) is 0.545. The van der Waals surface area contributed by atoms with Gasteiger partial charge in [0.25, 0.3) is 5.91 Å². The van der Waals surface area contributed by atoms with Crippen LogP contribution in [0.3, 0.4) is 0 Å². The molecule has 0 bridgehead atoms. The first-order valence-electron chi connectivity index (χ1n) is 5.91. The summed E-state index contributed by atoms with van der Waals surface area (Å²) in [5.74, 6) is -0.143. The number of nitrogens with zero attached hydrogens (tertiary/aromatic N) is 1. The molecule has 1 aromatic heterocycles. The summed E-state index contributed by atoms with van der Waals surface area (Å²) in [4.78, 5) is 27.1. The molecule has 0 aliphatic carbocycles. The SMILES string of the molecule is NCCc1nc(C(=O)NC2CCC(=O)NC2)cs1. The number of carbonyl (C=O) groups is 2. The summed E-state index contributed by atoms with van der Waals surface area (Å²) in [6, 6.07) is -0.00476. The molecule has 0 spiro atoms. The molecule has 1 fully saturated rings. The van der Waals surface area contributed by atoms with E-state index in [1.54, 1.807) is 5.38 Å². The molecule has 2 heterocycles. The summed E-state index contributed by atoms with van der Waals surface area (Å²) >= 11 is 1.44. The van der Waals surface area contributed by atoms with Crippen molar-refractivity contribution in [1.29, 1.82) is 0 Å².